The number of rotatable bonds is 7. The summed E-state index contributed by atoms with van der Waals surface area (Å²) in [6.07, 6.45) is 1.72. The topological polar surface area (TPSA) is 60.0 Å². The van der Waals surface area contributed by atoms with E-state index in [1.165, 1.54) is 10.4 Å². The van der Waals surface area contributed by atoms with E-state index in [4.69, 9.17) is 4.42 Å². The molecule has 1 atom stereocenters. The SMILES string of the molecule is CC(C)(C)n1nnnc1[C@H](c1cccs1)N(Cc1ccccc1)Cc1ccco1. The van der Waals surface area contributed by atoms with Crippen LogP contribution in [0.15, 0.2) is 70.7 Å². The number of aromatic nitrogens is 4. The molecule has 6 nitrogen and oxygen atoms in total. The van der Waals surface area contributed by atoms with Gasteiger partial charge in [0.1, 0.15) is 11.8 Å². The summed E-state index contributed by atoms with van der Waals surface area (Å²) in [5, 5.41) is 14.9. The molecule has 0 radical (unpaired) electrons. The zero-order valence-corrected chi connectivity index (χ0v) is 17.7. The summed E-state index contributed by atoms with van der Waals surface area (Å²) in [5.74, 6) is 1.75. The fourth-order valence-corrected chi connectivity index (χ4v) is 4.27. The molecule has 4 aromatic rings. The fourth-order valence-electron chi connectivity index (χ4n) is 3.42. The van der Waals surface area contributed by atoms with E-state index in [9.17, 15) is 0 Å². The Morgan fingerprint density at radius 3 is 2.52 bits per heavy atom. The molecule has 0 saturated carbocycles. The van der Waals surface area contributed by atoms with Gasteiger partial charge in [-0.2, -0.15) is 0 Å². The highest BCUT2D eigenvalue weighted by Crippen LogP contribution is 2.34. The Balaban J connectivity index is 1.79. The van der Waals surface area contributed by atoms with E-state index in [0.29, 0.717) is 6.54 Å². The van der Waals surface area contributed by atoms with Crippen molar-refractivity contribution < 1.29 is 4.42 Å². The van der Waals surface area contributed by atoms with Crippen LogP contribution in [-0.2, 0) is 18.6 Å². The predicted octanol–water partition coefficient (Wildman–Crippen LogP) is 4.87. The maximum atomic E-state index is 5.69. The molecule has 0 aliphatic carbocycles. The molecule has 0 aliphatic rings. The van der Waals surface area contributed by atoms with E-state index in [2.05, 4.69) is 83.0 Å². The van der Waals surface area contributed by atoms with Crippen molar-refractivity contribution in [1.82, 2.24) is 25.1 Å². The summed E-state index contributed by atoms with van der Waals surface area (Å²) in [6.45, 7) is 7.76. The summed E-state index contributed by atoms with van der Waals surface area (Å²) >= 11 is 1.72. The second-order valence-electron chi connectivity index (χ2n) is 8.01. The van der Waals surface area contributed by atoms with Crippen LogP contribution in [0, 0.1) is 0 Å². The van der Waals surface area contributed by atoms with Crippen LogP contribution in [-0.4, -0.2) is 25.1 Å². The minimum absolute atomic E-state index is 0.0884. The molecule has 1 aromatic carbocycles. The Morgan fingerprint density at radius 2 is 1.86 bits per heavy atom. The van der Waals surface area contributed by atoms with Gasteiger partial charge in [0.05, 0.1) is 18.3 Å². The Bertz CT molecular complexity index is 1000. The summed E-state index contributed by atoms with van der Waals surface area (Å²) in [4.78, 5) is 3.57. The first-order valence-corrected chi connectivity index (χ1v) is 10.5. The molecule has 0 fully saturated rings. The predicted molar refractivity (Wildman–Crippen MR) is 113 cm³/mol. The van der Waals surface area contributed by atoms with Crippen molar-refractivity contribution in [3.05, 3.63) is 88.3 Å². The monoisotopic (exact) mass is 407 g/mol. The fraction of sp³-hybridized carbons (Fsp3) is 0.318. The number of thiophene rings is 1. The van der Waals surface area contributed by atoms with Crippen molar-refractivity contribution in [2.75, 3.05) is 0 Å². The van der Waals surface area contributed by atoms with Crippen molar-refractivity contribution in [3.8, 4) is 0 Å². The first-order valence-electron chi connectivity index (χ1n) is 9.65. The summed E-state index contributed by atoms with van der Waals surface area (Å²) in [7, 11) is 0. The Kier molecular flexibility index (Phi) is 5.60. The van der Waals surface area contributed by atoms with Crippen LogP contribution < -0.4 is 0 Å². The molecule has 0 aliphatic heterocycles. The highest BCUT2D eigenvalue weighted by molar-refractivity contribution is 7.10. The smallest absolute Gasteiger partial charge is 0.174 e. The zero-order valence-electron chi connectivity index (χ0n) is 16.9. The lowest BCUT2D eigenvalue weighted by molar-refractivity contribution is 0.174. The van der Waals surface area contributed by atoms with E-state index >= 15 is 0 Å². The highest BCUT2D eigenvalue weighted by atomic mass is 32.1. The largest absolute Gasteiger partial charge is 0.468 e. The minimum atomic E-state index is -0.225. The van der Waals surface area contributed by atoms with E-state index in [0.717, 1.165) is 18.1 Å². The molecular weight excluding hydrogens is 382 g/mol. The van der Waals surface area contributed by atoms with Gasteiger partial charge in [0, 0.05) is 11.4 Å². The highest BCUT2D eigenvalue weighted by Gasteiger charge is 2.32. The summed E-state index contributed by atoms with van der Waals surface area (Å²) < 4.78 is 7.62. The maximum Gasteiger partial charge on any atom is 0.174 e. The first kappa shape index (κ1) is 19.5. The van der Waals surface area contributed by atoms with Gasteiger partial charge in [-0.15, -0.1) is 16.4 Å². The van der Waals surface area contributed by atoms with E-state index in [1.807, 2.05) is 22.9 Å². The number of hydrogen-bond donors (Lipinski definition) is 0. The number of hydrogen-bond acceptors (Lipinski definition) is 6. The van der Waals surface area contributed by atoms with Crippen molar-refractivity contribution in [2.45, 2.75) is 45.4 Å². The van der Waals surface area contributed by atoms with Crippen LogP contribution in [0.1, 0.15) is 48.8 Å². The molecule has 0 saturated heterocycles. The number of nitrogens with zero attached hydrogens (tertiary/aromatic N) is 5. The van der Waals surface area contributed by atoms with Gasteiger partial charge >= 0.3 is 0 Å². The van der Waals surface area contributed by atoms with E-state index < -0.39 is 0 Å². The lowest BCUT2D eigenvalue weighted by atomic mass is 10.1. The van der Waals surface area contributed by atoms with Crippen molar-refractivity contribution >= 4 is 11.3 Å². The number of benzene rings is 1. The number of tetrazole rings is 1. The van der Waals surface area contributed by atoms with Gasteiger partial charge in [-0.25, -0.2) is 4.68 Å². The van der Waals surface area contributed by atoms with Crippen LogP contribution in [0.3, 0.4) is 0 Å². The molecule has 0 unspecified atom stereocenters. The van der Waals surface area contributed by atoms with Crippen LogP contribution in [0.5, 0.6) is 0 Å². The molecule has 0 N–H and O–H groups in total. The van der Waals surface area contributed by atoms with E-state index in [-0.39, 0.29) is 11.6 Å². The van der Waals surface area contributed by atoms with Gasteiger partial charge < -0.3 is 4.42 Å². The average Bonchev–Trinajstić information content (AvgIpc) is 3.45. The molecule has 0 bridgehead atoms. The third-order valence-corrected chi connectivity index (χ3v) is 5.64. The van der Waals surface area contributed by atoms with Crippen LogP contribution in [0.4, 0.5) is 0 Å². The molecule has 0 amide bonds. The second-order valence-corrected chi connectivity index (χ2v) is 8.99. The van der Waals surface area contributed by atoms with Crippen LogP contribution >= 0.6 is 11.3 Å². The third kappa shape index (κ3) is 4.46. The quantitative estimate of drug-likeness (QED) is 0.437. The van der Waals surface area contributed by atoms with Crippen molar-refractivity contribution in [1.29, 1.82) is 0 Å². The normalized spacial score (nSPS) is 13.1. The standard InChI is InChI=1S/C22H25N5OS/c1-22(2,3)27-21(23-24-25-27)20(19-12-8-14-29-19)26(16-18-11-7-13-28-18)15-17-9-5-4-6-10-17/h4-14,20H,15-16H2,1-3H3/t20-/m0/s1. The molecule has 3 heterocycles. The van der Waals surface area contributed by atoms with Gasteiger partial charge in [-0.05, 0) is 60.3 Å². The number of furan rings is 1. The molecule has 3 aromatic heterocycles. The van der Waals surface area contributed by atoms with Crippen molar-refractivity contribution in [2.24, 2.45) is 0 Å². The van der Waals surface area contributed by atoms with Gasteiger partial charge in [-0.3, -0.25) is 4.90 Å². The van der Waals surface area contributed by atoms with Crippen molar-refractivity contribution in [3.63, 3.8) is 0 Å². The summed E-state index contributed by atoms with van der Waals surface area (Å²) in [5.41, 5.74) is 1.01. The van der Waals surface area contributed by atoms with Crippen LogP contribution in [0.2, 0.25) is 0 Å². The van der Waals surface area contributed by atoms with Crippen LogP contribution in [0.25, 0.3) is 0 Å². The molecule has 4 rings (SSSR count). The van der Waals surface area contributed by atoms with E-state index in [1.54, 1.807) is 17.6 Å². The lowest BCUT2D eigenvalue weighted by Gasteiger charge is -2.32. The molecule has 0 spiro atoms. The molecule has 7 heteroatoms. The lowest BCUT2D eigenvalue weighted by Crippen LogP contribution is -2.34. The maximum absolute atomic E-state index is 5.69. The summed E-state index contributed by atoms with van der Waals surface area (Å²) in [6, 6.07) is 18.5. The second kappa shape index (κ2) is 8.31. The van der Waals surface area contributed by atoms with Gasteiger partial charge in [0.25, 0.3) is 0 Å². The molecule has 29 heavy (non-hydrogen) atoms. The Labute approximate surface area is 174 Å². The Morgan fingerprint density at radius 1 is 1.03 bits per heavy atom. The first-order chi connectivity index (χ1) is 14.0. The molecular formula is C22H25N5OS. The van der Waals surface area contributed by atoms with Gasteiger partial charge in [-0.1, -0.05) is 36.4 Å². The average molecular weight is 408 g/mol. The Hall–Kier alpha value is -2.77. The van der Waals surface area contributed by atoms with Gasteiger partial charge in [0.15, 0.2) is 5.82 Å². The minimum Gasteiger partial charge on any atom is -0.468 e. The molecule has 150 valence electrons. The van der Waals surface area contributed by atoms with Gasteiger partial charge in [0.2, 0.25) is 0 Å². The third-order valence-electron chi connectivity index (χ3n) is 4.72. The zero-order chi connectivity index (χ0) is 20.3.